The number of halogens is 1. The quantitative estimate of drug-likeness (QED) is 0.763. The van der Waals surface area contributed by atoms with E-state index >= 15 is 0 Å². The van der Waals surface area contributed by atoms with Crippen LogP contribution in [0.2, 0.25) is 0 Å². The molecule has 2 aromatic rings. The molecule has 0 aliphatic rings. The number of nitrogens with zero attached hydrogens (tertiary/aromatic N) is 1. The van der Waals surface area contributed by atoms with Gasteiger partial charge >= 0.3 is 5.97 Å². The van der Waals surface area contributed by atoms with E-state index in [2.05, 4.69) is 15.9 Å². The van der Waals surface area contributed by atoms with Gasteiger partial charge in [-0.2, -0.15) is 0 Å². The van der Waals surface area contributed by atoms with Gasteiger partial charge in [-0.05, 0) is 59.6 Å². The smallest absolute Gasteiger partial charge is 0.324 e. The molecule has 0 fully saturated rings. The largest absolute Gasteiger partial charge is 0.496 e. The number of carbonyl (C=O) groups is 1. The van der Waals surface area contributed by atoms with E-state index < -0.39 is 22.5 Å². The maximum Gasteiger partial charge on any atom is 0.324 e. The van der Waals surface area contributed by atoms with Crippen LogP contribution in [0.15, 0.2) is 45.8 Å². The molecule has 0 saturated carbocycles. The summed E-state index contributed by atoms with van der Waals surface area (Å²) in [6.45, 7) is 2.96. The summed E-state index contributed by atoms with van der Waals surface area (Å²) >= 11 is 3.26. The fraction of sp³-hybridized carbons (Fsp3) is 0.235. The third-order valence-corrected chi connectivity index (χ3v) is 5.99. The molecule has 0 saturated heterocycles. The van der Waals surface area contributed by atoms with Crippen LogP contribution in [0.4, 0.5) is 5.69 Å². The van der Waals surface area contributed by atoms with Crippen molar-refractivity contribution in [2.45, 2.75) is 18.7 Å². The number of benzene rings is 2. The highest BCUT2D eigenvalue weighted by Crippen LogP contribution is 2.32. The minimum Gasteiger partial charge on any atom is -0.496 e. The van der Waals surface area contributed by atoms with Crippen molar-refractivity contribution in [2.75, 3.05) is 18.0 Å². The van der Waals surface area contributed by atoms with Crippen LogP contribution in [0.25, 0.3) is 0 Å². The summed E-state index contributed by atoms with van der Waals surface area (Å²) < 4.78 is 32.6. The van der Waals surface area contributed by atoms with E-state index in [9.17, 15) is 18.3 Å². The van der Waals surface area contributed by atoms with Crippen LogP contribution in [-0.4, -0.2) is 33.1 Å². The molecule has 0 aliphatic heterocycles. The van der Waals surface area contributed by atoms with E-state index in [0.29, 0.717) is 21.5 Å². The Hall–Kier alpha value is -2.06. The van der Waals surface area contributed by atoms with E-state index in [0.717, 1.165) is 9.87 Å². The Morgan fingerprint density at radius 3 is 2.40 bits per heavy atom. The highest BCUT2D eigenvalue weighted by atomic mass is 79.9. The van der Waals surface area contributed by atoms with E-state index in [1.807, 2.05) is 13.0 Å². The zero-order valence-corrected chi connectivity index (χ0v) is 16.4. The highest BCUT2D eigenvalue weighted by Gasteiger charge is 2.28. The molecular weight excluding hydrogens is 410 g/mol. The Labute approximate surface area is 155 Å². The van der Waals surface area contributed by atoms with Crippen molar-refractivity contribution in [2.24, 2.45) is 0 Å². The van der Waals surface area contributed by atoms with Crippen LogP contribution in [0.1, 0.15) is 11.1 Å². The lowest BCUT2D eigenvalue weighted by atomic mass is 10.1. The van der Waals surface area contributed by atoms with Crippen molar-refractivity contribution < 1.29 is 23.1 Å². The predicted molar refractivity (Wildman–Crippen MR) is 98.8 cm³/mol. The molecule has 0 bridgehead atoms. The lowest BCUT2D eigenvalue weighted by Crippen LogP contribution is -2.36. The molecule has 0 aliphatic carbocycles. The van der Waals surface area contributed by atoms with Gasteiger partial charge < -0.3 is 9.84 Å². The zero-order chi connectivity index (χ0) is 18.8. The fourth-order valence-corrected chi connectivity index (χ4v) is 4.64. The molecule has 0 atom stereocenters. The second kappa shape index (κ2) is 7.45. The van der Waals surface area contributed by atoms with Crippen LogP contribution in [0, 0.1) is 13.8 Å². The molecule has 2 aromatic carbocycles. The minimum atomic E-state index is -4.07. The Morgan fingerprint density at radius 1 is 1.20 bits per heavy atom. The van der Waals surface area contributed by atoms with Gasteiger partial charge in [0.1, 0.15) is 12.3 Å². The normalized spacial score (nSPS) is 11.2. The Bertz CT molecular complexity index is 911. The summed E-state index contributed by atoms with van der Waals surface area (Å²) in [5.74, 6) is -0.758. The average Bonchev–Trinajstić information content (AvgIpc) is 2.52. The van der Waals surface area contributed by atoms with Gasteiger partial charge in [0.25, 0.3) is 10.0 Å². The summed E-state index contributed by atoms with van der Waals surface area (Å²) in [6, 6.07) is 9.46. The third kappa shape index (κ3) is 4.13. The number of anilines is 1. The van der Waals surface area contributed by atoms with E-state index in [4.69, 9.17) is 4.74 Å². The summed E-state index contributed by atoms with van der Waals surface area (Å²) in [7, 11) is -2.59. The number of carboxylic acid groups (broad SMARTS) is 1. The molecule has 6 nitrogen and oxygen atoms in total. The number of carboxylic acids is 1. The number of ether oxygens (including phenoxy) is 1. The first-order valence-electron chi connectivity index (χ1n) is 7.32. The number of aryl methyl sites for hydroxylation is 2. The molecule has 0 spiro atoms. The number of hydrogen-bond acceptors (Lipinski definition) is 4. The van der Waals surface area contributed by atoms with Crippen molar-refractivity contribution in [3.05, 3.63) is 52.0 Å². The van der Waals surface area contributed by atoms with Crippen molar-refractivity contribution in [3.63, 3.8) is 0 Å². The minimum absolute atomic E-state index is 0.0265. The van der Waals surface area contributed by atoms with Gasteiger partial charge in [-0.15, -0.1) is 0 Å². The first-order chi connectivity index (χ1) is 11.7. The van der Waals surface area contributed by atoms with Gasteiger partial charge in [-0.25, -0.2) is 8.42 Å². The number of sulfonamides is 1. The van der Waals surface area contributed by atoms with Crippen molar-refractivity contribution in [1.82, 2.24) is 0 Å². The monoisotopic (exact) mass is 427 g/mol. The lowest BCUT2D eigenvalue weighted by molar-refractivity contribution is -0.135. The topological polar surface area (TPSA) is 83.9 Å². The second-order valence-electron chi connectivity index (χ2n) is 5.49. The standard InChI is InChI=1S/C17H18BrNO5S/c1-11-4-6-15(12(2)8-11)19(10-17(20)21)25(22,23)13-5-7-16(24-3)14(18)9-13/h4-9H,10H2,1-3H3,(H,20,21). The van der Waals surface area contributed by atoms with E-state index in [1.54, 1.807) is 19.1 Å². The molecule has 0 radical (unpaired) electrons. The van der Waals surface area contributed by atoms with Crippen LogP contribution < -0.4 is 9.04 Å². The van der Waals surface area contributed by atoms with Crippen molar-refractivity contribution >= 4 is 37.6 Å². The maximum atomic E-state index is 13.1. The average molecular weight is 428 g/mol. The highest BCUT2D eigenvalue weighted by molar-refractivity contribution is 9.10. The predicted octanol–water partition coefficient (Wildman–Crippen LogP) is 3.35. The Morgan fingerprint density at radius 2 is 1.88 bits per heavy atom. The fourth-order valence-electron chi connectivity index (χ4n) is 2.44. The third-order valence-electron chi connectivity index (χ3n) is 3.61. The molecule has 0 heterocycles. The van der Waals surface area contributed by atoms with Gasteiger partial charge in [-0.1, -0.05) is 17.7 Å². The first kappa shape index (κ1) is 19.3. The van der Waals surface area contributed by atoms with Gasteiger partial charge in [0.05, 0.1) is 22.2 Å². The molecule has 8 heteroatoms. The van der Waals surface area contributed by atoms with E-state index in [1.165, 1.54) is 25.3 Å². The summed E-state index contributed by atoms with van der Waals surface area (Å²) in [4.78, 5) is 11.2. The number of hydrogen-bond donors (Lipinski definition) is 1. The van der Waals surface area contributed by atoms with Gasteiger partial charge in [0.2, 0.25) is 0 Å². The SMILES string of the molecule is COc1ccc(S(=O)(=O)N(CC(=O)O)c2ccc(C)cc2C)cc1Br. The molecule has 25 heavy (non-hydrogen) atoms. The molecule has 0 aromatic heterocycles. The molecular formula is C17H18BrNO5S. The Kier molecular flexibility index (Phi) is 5.74. The number of rotatable bonds is 6. The molecule has 1 N–H and O–H groups in total. The number of methoxy groups -OCH3 is 1. The molecule has 0 amide bonds. The maximum absolute atomic E-state index is 13.1. The summed E-state index contributed by atoms with van der Waals surface area (Å²) in [5, 5.41) is 9.20. The van der Waals surface area contributed by atoms with E-state index in [-0.39, 0.29) is 4.90 Å². The first-order valence-corrected chi connectivity index (χ1v) is 9.55. The number of aliphatic carboxylic acids is 1. The molecule has 2 rings (SSSR count). The summed E-state index contributed by atoms with van der Waals surface area (Å²) in [5.41, 5.74) is 1.97. The van der Waals surface area contributed by atoms with Crippen LogP contribution in [-0.2, 0) is 14.8 Å². The molecule has 0 unspecified atom stereocenters. The lowest BCUT2D eigenvalue weighted by Gasteiger charge is -2.25. The van der Waals surface area contributed by atoms with Crippen molar-refractivity contribution in [1.29, 1.82) is 0 Å². The van der Waals surface area contributed by atoms with Gasteiger partial charge in [0, 0.05) is 0 Å². The zero-order valence-electron chi connectivity index (χ0n) is 14.0. The van der Waals surface area contributed by atoms with Gasteiger partial charge in [-0.3, -0.25) is 9.10 Å². The van der Waals surface area contributed by atoms with Crippen LogP contribution >= 0.6 is 15.9 Å². The van der Waals surface area contributed by atoms with Crippen molar-refractivity contribution in [3.8, 4) is 5.75 Å². The second-order valence-corrected chi connectivity index (χ2v) is 8.21. The molecule has 134 valence electrons. The summed E-state index contributed by atoms with van der Waals surface area (Å²) in [6.07, 6.45) is 0. The van der Waals surface area contributed by atoms with Gasteiger partial charge in [0.15, 0.2) is 0 Å². The van der Waals surface area contributed by atoms with Crippen LogP contribution in [0.3, 0.4) is 0 Å². The van der Waals surface area contributed by atoms with Crippen LogP contribution in [0.5, 0.6) is 5.75 Å². The Balaban J connectivity index is 2.60.